The van der Waals surface area contributed by atoms with Crippen LogP contribution in [0.3, 0.4) is 0 Å². The van der Waals surface area contributed by atoms with Gasteiger partial charge in [0.05, 0.1) is 6.10 Å². The van der Waals surface area contributed by atoms with Gasteiger partial charge in [-0.25, -0.2) is 0 Å². The molecule has 0 amide bonds. The molecule has 0 saturated heterocycles. The van der Waals surface area contributed by atoms with E-state index in [1.54, 1.807) is 0 Å². The first-order chi connectivity index (χ1) is 9.85. The summed E-state index contributed by atoms with van der Waals surface area (Å²) >= 11 is 0. The molecule has 1 unspecified atom stereocenters. The third-order valence-electron chi connectivity index (χ3n) is 3.94. The molecule has 0 radical (unpaired) electrons. The van der Waals surface area contributed by atoms with Crippen molar-refractivity contribution in [1.82, 2.24) is 5.32 Å². The molecule has 0 aromatic heterocycles. The molecule has 0 fully saturated rings. The van der Waals surface area contributed by atoms with Crippen molar-refractivity contribution in [3.05, 3.63) is 35.4 Å². The highest BCUT2D eigenvalue weighted by molar-refractivity contribution is 5.26. The zero-order valence-corrected chi connectivity index (χ0v) is 13.9. The van der Waals surface area contributed by atoms with Crippen LogP contribution in [0.1, 0.15) is 63.7 Å². The maximum atomic E-state index is 10.2. The van der Waals surface area contributed by atoms with Gasteiger partial charge in [0.2, 0.25) is 0 Å². The Morgan fingerprint density at radius 3 is 2.19 bits per heavy atom. The normalized spacial score (nSPS) is 13.7. The SMILES string of the molecule is CC(C)c1ccc(C(O)CNCC(C)(C)CCCO)cc1. The van der Waals surface area contributed by atoms with E-state index in [0.29, 0.717) is 12.5 Å². The van der Waals surface area contributed by atoms with Crippen LogP contribution in [0.2, 0.25) is 0 Å². The largest absolute Gasteiger partial charge is 0.396 e. The summed E-state index contributed by atoms with van der Waals surface area (Å²) in [5, 5.41) is 22.5. The lowest BCUT2D eigenvalue weighted by Crippen LogP contribution is -2.32. The number of benzene rings is 1. The second-order valence-corrected chi connectivity index (χ2v) is 6.96. The summed E-state index contributed by atoms with van der Waals surface area (Å²) in [6.07, 6.45) is 1.34. The Morgan fingerprint density at radius 1 is 1.10 bits per heavy atom. The van der Waals surface area contributed by atoms with Crippen LogP contribution in [0.15, 0.2) is 24.3 Å². The highest BCUT2D eigenvalue weighted by Crippen LogP contribution is 2.22. The highest BCUT2D eigenvalue weighted by atomic mass is 16.3. The van der Waals surface area contributed by atoms with Gasteiger partial charge in [0.25, 0.3) is 0 Å². The van der Waals surface area contributed by atoms with Crippen molar-refractivity contribution in [3.8, 4) is 0 Å². The number of aliphatic hydroxyl groups is 2. The molecule has 3 nitrogen and oxygen atoms in total. The minimum atomic E-state index is -0.472. The van der Waals surface area contributed by atoms with Gasteiger partial charge in [-0.3, -0.25) is 0 Å². The Balaban J connectivity index is 2.41. The van der Waals surface area contributed by atoms with Crippen LogP contribution >= 0.6 is 0 Å². The average molecular weight is 293 g/mol. The molecule has 3 heteroatoms. The molecule has 1 rings (SSSR count). The van der Waals surface area contributed by atoms with Gasteiger partial charge in [-0.15, -0.1) is 0 Å². The molecule has 0 aliphatic heterocycles. The Hall–Kier alpha value is -0.900. The van der Waals surface area contributed by atoms with Crippen LogP contribution in [0.5, 0.6) is 0 Å². The standard InChI is InChI=1S/C18H31NO2/c1-14(2)15-6-8-16(9-7-15)17(21)12-19-13-18(3,4)10-5-11-20/h6-9,14,17,19-21H,5,10-13H2,1-4H3. The lowest BCUT2D eigenvalue weighted by atomic mass is 9.88. The van der Waals surface area contributed by atoms with Gasteiger partial charge in [0.1, 0.15) is 0 Å². The van der Waals surface area contributed by atoms with E-state index in [-0.39, 0.29) is 12.0 Å². The van der Waals surface area contributed by atoms with E-state index in [2.05, 4.69) is 45.1 Å². The van der Waals surface area contributed by atoms with E-state index in [9.17, 15) is 5.11 Å². The Morgan fingerprint density at radius 2 is 1.67 bits per heavy atom. The van der Waals surface area contributed by atoms with E-state index >= 15 is 0 Å². The predicted molar refractivity (Wildman–Crippen MR) is 88.5 cm³/mol. The third kappa shape index (κ3) is 6.60. The van der Waals surface area contributed by atoms with Crippen LogP contribution in [-0.2, 0) is 0 Å². The molecule has 0 saturated carbocycles. The average Bonchev–Trinajstić information content (AvgIpc) is 2.45. The van der Waals surface area contributed by atoms with Crippen LogP contribution in [0.25, 0.3) is 0 Å². The minimum absolute atomic E-state index is 0.143. The monoisotopic (exact) mass is 293 g/mol. The third-order valence-corrected chi connectivity index (χ3v) is 3.94. The fourth-order valence-corrected chi connectivity index (χ4v) is 2.41. The first kappa shape index (κ1) is 18.1. The zero-order valence-electron chi connectivity index (χ0n) is 13.9. The van der Waals surface area contributed by atoms with E-state index in [4.69, 9.17) is 5.11 Å². The van der Waals surface area contributed by atoms with Crippen molar-refractivity contribution in [2.45, 2.75) is 52.6 Å². The van der Waals surface area contributed by atoms with Crippen LogP contribution in [0, 0.1) is 5.41 Å². The van der Waals surface area contributed by atoms with Gasteiger partial charge < -0.3 is 15.5 Å². The van der Waals surface area contributed by atoms with Gasteiger partial charge in [-0.05, 0) is 35.3 Å². The summed E-state index contributed by atoms with van der Waals surface area (Å²) in [4.78, 5) is 0. The molecule has 0 aliphatic carbocycles. The number of rotatable bonds is 9. The second kappa shape index (κ2) is 8.52. The summed E-state index contributed by atoms with van der Waals surface area (Å²) < 4.78 is 0. The number of hydrogen-bond donors (Lipinski definition) is 3. The number of hydrogen-bond acceptors (Lipinski definition) is 3. The Bertz CT molecular complexity index is 398. The van der Waals surface area contributed by atoms with Crippen molar-refractivity contribution >= 4 is 0 Å². The van der Waals surface area contributed by atoms with Gasteiger partial charge in [0.15, 0.2) is 0 Å². The van der Waals surface area contributed by atoms with Crippen molar-refractivity contribution in [3.63, 3.8) is 0 Å². The maximum absolute atomic E-state index is 10.2. The summed E-state index contributed by atoms with van der Waals surface area (Å²) in [5.74, 6) is 0.515. The molecule has 120 valence electrons. The van der Waals surface area contributed by atoms with Crippen LogP contribution < -0.4 is 5.32 Å². The summed E-state index contributed by atoms with van der Waals surface area (Å²) in [6.45, 7) is 10.3. The summed E-state index contributed by atoms with van der Waals surface area (Å²) in [5.41, 5.74) is 2.40. The van der Waals surface area contributed by atoms with E-state index in [1.165, 1.54) is 5.56 Å². The van der Waals surface area contributed by atoms with Crippen molar-refractivity contribution < 1.29 is 10.2 Å². The van der Waals surface area contributed by atoms with Gasteiger partial charge in [-0.2, -0.15) is 0 Å². The fraction of sp³-hybridized carbons (Fsp3) is 0.667. The van der Waals surface area contributed by atoms with Crippen molar-refractivity contribution in [2.24, 2.45) is 5.41 Å². The van der Waals surface area contributed by atoms with E-state index in [0.717, 1.165) is 24.9 Å². The number of nitrogens with one attached hydrogen (secondary N) is 1. The van der Waals surface area contributed by atoms with Crippen molar-refractivity contribution in [2.75, 3.05) is 19.7 Å². The second-order valence-electron chi connectivity index (χ2n) is 6.96. The molecular formula is C18H31NO2. The molecule has 21 heavy (non-hydrogen) atoms. The molecular weight excluding hydrogens is 262 g/mol. The van der Waals surface area contributed by atoms with Gasteiger partial charge in [-0.1, -0.05) is 52.0 Å². The lowest BCUT2D eigenvalue weighted by Gasteiger charge is -2.25. The Kier molecular flexibility index (Phi) is 7.36. The molecule has 0 heterocycles. The predicted octanol–water partition coefficient (Wildman–Crippen LogP) is 3.23. The topological polar surface area (TPSA) is 52.5 Å². The maximum Gasteiger partial charge on any atom is 0.0914 e. The summed E-state index contributed by atoms with van der Waals surface area (Å²) in [6, 6.07) is 8.21. The van der Waals surface area contributed by atoms with Crippen molar-refractivity contribution in [1.29, 1.82) is 0 Å². The molecule has 0 spiro atoms. The molecule has 0 bridgehead atoms. The molecule has 1 aromatic carbocycles. The lowest BCUT2D eigenvalue weighted by molar-refractivity contribution is 0.165. The minimum Gasteiger partial charge on any atom is -0.396 e. The quantitative estimate of drug-likeness (QED) is 0.655. The fourth-order valence-electron chi connectivity index (χ4n) is 2.41. The molecule has 3 N–H and O–H groups in total. The first-order valence-corrected chi connectivity index (χ1v) is 7.95. The molecule has 1 atom stereocenters. The molecule has 1 aromatic rings. The molecule has 0 aliphatic rings. The first-order valence-electron chi connectivity index (χ1n) is 7.95. The van der Waals surface area contributed by atoms with Crippen LogP contribution in [0.4, 0.5) is 0 Å². The highest BCUT2D eigenvalue weighted by Gasteiger charge is 2.17. The summed E-state index contributed by atoms with van der Waals surface area (Å²) in [7, 11) is 0. The Labute approximate surface area is 129 Å². The van der Waals surface area contributed by atoms with E-state index in [1.807, 2.05) is 12.1 Å². The van der Waals surface area contributed by atoms with Gasteiger partial charge >= 0.3 is 0 Å². The van der Waals surface area contributed by atoms with E-state index < -0.39 is 6.10 Å². The zero-order chi connectivity index (χ0) is 15.9. The van der Waals surface area contributed by atoms with Crippen LogP contribution in [-0.4, -0.2) is 29.9 Å². The number of aliphatic hydroxyl groups excluding tert-OH is 2. The van der Waals surface area contributed by atoms with Gasteiger partial charge in [0, 0.05) is 19.7 Å². The smallest absolute Gasteiger partial charge is 0.0914 e.